The molecule has 0 radical (unpaired) electrons. The largest absolute Gasteiger partial charge is 0.439 e. The van der Waals surface area contributed by atoms with E-state index in [1.807, 2.05) is 0 Å². The molecule has 2 N–H and O–H groups in total. The fourth-order valence-corrected chi connectivity index (χ4v) is 2.41. The topological polar surface area (TPSA) is 66.7 Å². The number of aromatic amines is 1. The Morgan fingerprint density at radius 2 is 2.32 bits per heavy atom. The lowest BCUT2D eigenvalue weighted by Crippen LogP contribution is -2.28. The predicted octanol–water partition coefficient (Wildman–Crippen LogP) is 2.08. The molecule has 3 aromatic rings. The van der Waals surface area contributed by atoms with Crippen LogP contribution in [0, 0.1) is 5.82 Å². The molecule has 3 heterocycles. The summed E-state index contributed by atoms with van der Waals surface area (Å²) in [6.07, 6.45) is 2.41. The third kappa shape index (κ3) is 1.72. The molecule has 0 saturated carbocycles. The SMILES string of the molecule is Fc1ccc2nc(C3Cc4nc[nH]c4CN3)oc2c1. The number of imidazole rings is 1. The van der Waals surface area contributed by atoms with Crippen molar-refractivity contribution in [2.24, 2.45) is 0 Å². The molecule has 1 unspecified atom stereocenters. The molecule has 1 aliphatic rings. The van der Waals surface area contributed by atoms with E-state index in [4.69, 9.17) is 4.42 Å². The summed E-state index contributed by atoms with van der Waals surface area (Å²) in [6, 6.07) is 4.34. The van der Waals surface area contributed by atoms with Crippen LogP contribution >= 0.6 is 0 Å². The van der Waals surface area contributed by atoms with Crippen molar-refractivity contribution < 1.29 is 8.81 Å². The number of fused-ring (bicyclic) bond motifs is 2. The molecular formula is C13H11FN4O. The first-order valence-electron chi connectivity index (χ1n) is 6.10. The summed E-state index contributed by atoms with van der Waals surface area (Å²) in [6.45, 7) is 0.701. The van der Waals surface area contributed by atoms with Gasteiger partial charge in [-0.25, -0.2) is 14.4 Å². The van der Waals surface area contributed by atoms with Crippen molar-refractivity contribution in [3.8, 4) is 0 Å². The van der Waals surface area contributed by atoms with E-state index in [1.54, 1.807) is 12.4 Å². The zero-order valence-corrected chi connectivity index (χ0v) is 9.98. The maximum atomic E-state index is 13.1. The van der Waals surface area contributed by atoms with Crippen molar-refractivity contribution in [2.45, 2.75) is 19.0 Å². The van der Waals surface area contributed by atoms with E-state index in [-0.39, 0.29) is 11.9 Å². The summed E-state index contributed by atoms with van der Waals surface area (Å²) in [5.74, 6) is 0.260. The fraction of sp³-hybridized carbons (Fsp3) is 0.231. The van der Waals surface area contributed by atoms with Gasteiger partial charge in [0.05, 0.1) is 23.8 Å². The van der Waals surface area contributed by atoms with Gasteiger partial charge in [0.15, 0.2) is 5.58 Å². The molecule has 1 aliphatic heterocycles. The molecule has 0 saturated heterocycles. The van der Waals surface area contributed by atoms with Gasteiger partial charge in [0.1, 0.15) is 11.3 Å². The third-order valence-electron chi connectivity index (χ3n) is 3.40. The lowest BCUT2D eigenvalue weighted by Gasteiger charge is -2.19. The third-order valence-corrected chi connectivity index (χ3v) is 3.40. The first kappa shape index (κ1) is 10.7. The Labute approximate surface area is 107 Å². The van der Waals surface area contributed by atoms with E-state index in [0.29, 0.717) is 30.0 Å². The van der Waals surface area contributed by atoms with Crippen LogP contribution in [0.5, 0.6) is 0 Å². The van der Waals surface area contributed by atoms with Gasteiger partial charge in [-0.05, 0) is 12.1 Å². The average Bonchev–Trinajstić information content (AvgIpc) is 3.02. The van der Waals surface area contributed by atoms with Gasteiger partial charge >= 0.3 is 0 Å². The minimum Gasteiger partial charge on any atom is -0.439 e. The van der Waals surface area contributed by atoms with E-state index < -0.39 is 0 Å². The number of oxazole rings is 1. The Morgan fingerprint density at radius 3 is 3.26 bits per heavy atom. The number of rotatable bonds is 1. The van der Waals surface area contributed by atoms with E-state index in [9.17, 15) is 4.39 Å². The van der Waals surface area contributed by atoms with Crippen molar-refractivity contribution in [3.05, 3.63) is 47.6 Å². The minimum absolute atomic E-state index is 0.0220. The van der Waals surface area contributed by atoms with Crippen molar-refractivity contribution in [1.29, 1.82) is 0 Å². The maximum Gasteiger partial charge on any atom is 0.213 e. The Balaban J connectivity index is 1.71. The Kier molecular flexibility index (Phi) is 2.19. The summed E-state index contributed by atoms with van der Waals surface area (Å²) in [5, 5.41) is 3.33. The first-order valence-corrected chi connectivity index (χ1v) is 6.10. The Morgan fingerprint density at radius 1 is 1.37 bits per heavy atom. The number of hydrogen-bond donors (Lipinski definition) is 2. The highest BCUT2D eigenvalue weighted by Crippen LogP contribution is 2.26. The van der Waals surface area contributed by atoms with Crippen molar-refractivity contribution in [3.63, 3.8) is 0 Å². The zero-order valence-electron chi connectivity index (χ0n) is 9.98. The Hall–Kier alpha value is -2.21. The van der Waals surface area contributed by atoms with Crippen LogP contribution < -0.4 is 5.32 Å². The highest BCUT2D eigenvalue weighted by atomic mass is 19.1. The molecule has 0 spiro atoms. The molecule has 19 heavy (non-hydrogen) atoms. The van der Waals surface area contributed by atoms with Gasteiger partial charge in [-0.3, -0.25) is 5.32 Å². The number of halogens is 1. The van der Waals surface area contributed by atoms with Gasteiger partial charge in [0.25, 0.3) is 0 Å². The second-order valence-electron chi connectivity index (χ2n) is 4.63. The molecule has 1 atom stereocenters. The number of aromatic nitrogens is 3. The molecule has 5 nitrogen and oxygen atoms in total. The maximum absolute atomic E-state index is 13.1. The van der Waals surface area contributed by atoms with Crippen LogP contribution in [0.15, 0.2) is 28.9 Å². The van der Waals surface area contributed by atoms with Gasteiger partial charge in [-0.1, -0.05) is 0 Å². The van der Waals surface area contributed by atoms with Crippen molar-refractivity contribution in [1.82, 2.24) is 20.3 Å². The second kappa shape index (κ2) is 3.89. The van der Waals surface area contributed by atoms with Crippen LogP contribution in [0.4, 0.5) is 4.39 Å². The van der Waals surface area contributed by atoms with Crippen LogP contribution in [0.25, 0.3) is 11.1 Å². The van der Waals surface area contributed by atoms with Crippen molar-refractivity contribution in [2.75, 3.05) is 0 Å². The second-order valence-corrected chi connectivity index (χ2v) is 4.63. The highest BCUT2D eigenvalue weighted by molar-refractivity contribution is 5.72. The number of nitrogens with zero attached hydrogens (tertiary/aromatic N) is 2. The van der Waals surface area contributed by atoms with Gasteiger partial charge in [0.2, 0.25) is 5.89 Å². The molecule has 6 heteroatoms. The average molecular weight is 258 g/mol. The standard InChI is InChI=1S/C13H11FN4O/c14-7-1-2-8-12(3-7)19-13(18-8)10-4-9-11(5-15-10)17-6-16-9/h1-3,6,10,15H,4-5H2,(H,16,17). The monoisotopic (exact) mass is 258 g/mol. The summed E-state index contributed by atoms with van der Waals surface area (Å²) < 4.78 is 18.8. The Bertz CT molecular complexity index is 748. The zero-order chi connectivity index (χ0) is 12.8. The first-order chi connectivity index (χ1) is 9.29. The molecule has 4 rings (SSSR count). The van der Waals surface area contributed by atoms with Gasteiger partial charge in [0, 0.05) is 19.0 Å². The molecule has 0 bridgehead atoms. The molecule has 0 amide bonds. The number of nitrogens with one attached hydrogen (secondary N) is 2. The molecule has 0 aliphatic carbocycles. The summed E-state index contributed by atoms with van der Waals surface area (Å²) in [4.78, 5) is 11.8. The van der Waals surface area contributed by atoms with Crippen LogP contribution in [0.1, 0.15) is 23.3 Å². The molecule has 0 fully saturated rings. The van der Waals surface area contributed by atoms with E-state index >= 15 is 0 Å². The van der Waals surface area contributed by atoms with Crippen LogP contribution in [-0.4, -0.2) is 15.0 Å². The molecule has 1 aromatic carbocycles. The fourth-order valence-electron chi connectivity index (χ4n) is 2.41. The van der Waals surface area contributed by atoms with Gasteiger partial charge in [-0.15, -0.1) is 0 Å². The van der Waals surface area contributed by atoms with E-state index in [0.717, 1.165) is 11.4 Å². The summed E-state index contributed by atoms with van der Waals surface area (Å²) in [7, 11) is 0. The minimum atomic E-state index is -0.318. The normalized spacial score (nSPS) is 18.7. The highest BCUT2D eigenvalue weighted by Gasteiger charge is 2.25. The summed E-state index contributed by atoms with van der Waals surface area (Å²) >= 11 is 0. The molecule has 2 aromatic heterocycles. The van der Waals surface area contributed by atoms with E-state index in [1.165, 1.54) is 12.1 Å². The lowest BCUT2D eigenvalue weighted by atomic mass is 10.1. The number of H-pyrrole nitrogens is 1. The van der Waals surface area contributed by atoms with Crippen LogP contribution in [-0.2, 0) is 13.0 Å². The molecule has 96 valence electrons. The van der Waals surface area contributed by atoms with Crippen molar-refractivity contribution >= 4 is 11.1 Å². The quantitative estimate of drug-likeness (QED) is 0.701. The number of benzene rings is 1. The van der Waals surface area contributed by atoms with E-state index in [2.05, 4.69) is 20.3 Å². The molecular weight excluding hydrogens is 247 g/mol. The predicted molar refractivity (Wildman–Crippen MR) is 65.8 cm³/mol. The smallest absolute Gasteiger partial charge is 0.213 e. The number of hydrogen-bond acceptors (Lipinski definition) is 4. The van der Waals surface area contributed by atoms with Gasteiger partial charge in [-0.2, -0.15) is 0 Å². The lowest BCUT2D eigenvalue weighted by molar-refractivity contribution is 0.390. The van der Waals surface area contributed by atoms with Gasteiger partial charge < -0.3 is 9.40 Å². The van der Waals surface area contributed by atoms with Crippen LogP contribution in [0.2, 0.25) is 0 Å². The van der Waals surface area contributed by atoms with Crippen LogP contribution in [0.3, 0.4) is 0 Å². The summed E-state index contributed by atoms with van der Waals surface area (Å²) in [5.41, 5.74) is 3.27.